The highest BCUT2D eigenvalue weighted by molar-refractivity contribution is 7.89. The number of piperidine rings is 1. The number of halogens is 1. The number of rotatable bonds is 8. The second kappa shape index (κ2) is 9.45. The average Bonchev–Trinajstić information content (AvgIpc) is 2.70. The van der Waals surface area contributed by atoms with Gasteiger partial charge >= 0.3 is 0 Å². The largest absolute Gasteiger partial charge is 0.491 e. The molecule has 1 saturated heterocycles. The molecule has 0 bridgehead atoms. The van der Waals surface area contributed by atoms with Crippen molar-refractivity contribution >= 4 is 10.0 Å². The first-order chi connectivity index (χ1) is 13.5. The highest BCUT2D eigenvalue weighted by atomic mass is 32.2. The summed E-state index contributed by atoms with van der Waals surface area (Å²) in [6.45, 7) is 5.04. The van der Waals surface area contributed by atoms with Crippen molar-refractivity contribution in [2.75, 3.05) is 26.2 Å². The van der Waals surface area contributed by atoms with Crippen LogP contribution in [0.1, 0.15) is 25.5 Å². The predicted octanol–water partition coefficient (Wildman–Crippen LogP) is 2.81. The molecule has 2 aromatic rings. The van der Waals surface area contributed by atoms with Crippen molar-refractivity contribution < 1.29 is 17.5 Å². The number of aromatic nitrogens is 1. The quantitative estimate of drug-likeness (QED) is 0.729. The van der Waals surface area contributed by atoms with Gasteiger partial charge in [0.1, 0.15) is 0 Å². The van der Waals surface area contributed by atoms with Gasteiger partial charge < -0.3 is 4.74 Å². The molecular weight excluding hydrogens is 381 g/mol. The third-order valence-corrected chi connectivity index (χ3v) is 6.32. The molecule has 8 heteroatoms. The number of nitrogens with zero attached hydrogens (tertiary/aromatic N) is 2. The lowest BCUT2D eigenvalue weighted by atomic mass is 9.97. The van der Waals surface area contributed by atoms with Crippen LogP contribution in [0.25, 0.3) is 0 Å². The highest BCUT2D eigenvalue weighted by Crippen LogP contribution is 2.22. The fourth-order valence-electron chi connectivity index (χ4n) is 3.30. The smallest absolute Gasteiger partial charge is 0.240 e. The second-order valence-electron chi connectivity index (χ2n) is 6.92. The number of likely N-dealkylation sites (tertiary alicyclic amines) is 1. The molecular formula is C20H26FN3O3S. The molecule has 1 aliphatic heterocycles. The molecule has 3 rings (SSSR count). The first kappa shape index (κ1) is 20.7. The van der Waals surface area contributed by atoms with Crippen molar-refractivity contribution in [2.45, 2.75) is 31.2 Å². The number of hydrogen-bond donors (Lipinski definition) is 1. The summed E-state index contributed by atoms with van der Waals surface area (Å²) < 4.78 is 46.6. The van der Waals surface area contributed by atoms with Crippen molar-refractivity contribution in [3.63, 3.8) is 0 Å². The topological polar surface area (TPSA) is 71.5 Å². The van der Waals surface area contributed by atoms with E-state index in [2.05, 4.69) is 14.6 Å². The lowest BCUT2D eigenvalue weighted by molar-refractivity contribution is 0.177. The van der Waals surface area contributed by atoms with Crippen LogP contribution in [0.4, 0.5) is 4.39 Å². The minimum absolute atomic E-state index is 0.0572. The maximum atomic E-state index is 14.0. The van der Waals surface area contributed by atoms with Crippen LogP contribution in [0, 0.1) is 11.7 Å². The number of ether oxygens (including phenoxy) is 1. The minimum atomic E-state index is -3.75. The van der Waals surface area contributed by atoms with E-state index in [0.717, 1.165) is 44.2 Å². The molecule has 0 unspecified atom stereocenters. The van der Waals surface area contributed by atoms with Gasteiger partial charge in [0.25, 0.3) is 0 Å². The van der Waals surface area contributed by atoms with Crippen LogP contribution in [0.5, 0.6) is 5.75 Å². The second-order valence-corrected chi connectivity index (χ2v) is 8.68. The average molecular weight is 408 g/mol. The van der Waals surface area contributed by atoms with Crippen molar-refractivity contribution in [2.24, 2.45) is 5.92 Å². The van der Waals surface area contributed by atoms with Gasteiger partial charge in [-0.3, -0.25) is 9.88 Å². The Morgan fingerprint density at radius 1 is 1.25 bits per heavy atom. The van der Waals surface area contributed by atoms with Gasteiger partial charge in [-0.05, 0) is 69.1 Å². The molecule has 0 atom stereocenters. The summed E-state index contributed by atoms with van der Waals surface area (Å²) in [6.07, 6.45) is 3.61. The SMILES string of the molecule is CCOc1ccc(S(=O)(=O)NCC2CCN(Cc3ccccn3)CC2)cc1F. The van der Waals surface area contributed by atoms with E-state index >= 15 is 0 Å². The summed E-state index contributed by atoms with van der Waals surface area (Å²) in [5.74, 6) is -0.350. The minimum Gasteiger partial charge on any atom is -0.491 e. The van der Waals surface area contributed by atoms with Crippen LogP contribution in [-0.2, 0) is 16.6 Å². The number of hydrogen-bond acceptors (Lipinski definition) is 5. The molecule has 0 amide bonds. The highest BCUT2D eigenvalue weighted by Gasteiger charge is 2.23. The van der Waals surface area contributed by atoms with Gasteiger partial charge in [0, 0.05) is 19.3 Å². The molecule has 0 spiro atoms. The van der Waals surface area contributed by atoms with E-state index in [4.69, 9.17) is 4.74 Å². The summed E-state index contributed by atoms with van der Waals surface area (Å²) in [7, 11) is -3.75. The third kappa shape index (κ3) is 5.50. The van der Waals surface area contributed by atoms with Crippen LogP contribution in [0.2, 0.25) is 0 Å². The Hall–Kier alpha value is -2.03. The Morgan fingerprint density at radius 3 is 2.68 bits per heavy atom. The molecule has 0 saturated carbocycles. The molecule has 0 radical (unpaired) electrons. The van der Waals surface area contributed by atoms with Crippen molar-refractivity contribution in [3.05, 3.63) is 54.1 Å². The fraction of sp³-hybridized carbons (Fsp3) is 0.450. The van der Waals surface area contributed by atoms with Crippen LogP contribution in [0.3, 0.4) is 0 Å². The first-order valence-electron chi connectivity index (χ1n) is 9.52. The van der Waals surface area contributed by atoms with Crippen LogP contribution >= 0.6 is 0 Å². The zero-order chi connectivity index (χ0) is 20.0. The van der Waals surface area contributed by atoms with E-state index < -0.39 is 15.8 Å². The van der Waals surface area contributed by atoms with E-state index in [-0.39, 0.29) is 16.6 Å². The van der Waals surface area contributed by atoms with E-state index in [9.17, 15) is 12.8 Å². The van der Waals surface area contributed by atoms with E-state index in [0.29, 0.717) is 13.2 Å². The van der Waals surface area contributed by atoms with Gasteiger partial charge in [0.05, 0.1) is 17.2 Å². The van der Waals surface area contributed by atoms with Crippen LogP contribution in [-0.4, -0.2) is 44.5 Å². The number of benzene rings is 1. The number of nitrogens with one attached hydrogen (secondary N) is 1. The molecule has 1 aliphatic rings. The lowest BCUT2D eigenvalue weighted by Gasteiger charge is -2.31. The van der Waals surface area contributed by atoms with Crippen LogP contribution in [0.15, 0.2) is 47.5 Å². The Balaban J connectivity index is 1.49. The fourth-order valence-corrected chi connectivity index (χ4v) is 4.43. The molecule has 1 N–H and O–H groups in total. The maximum absolute atomic E-state index is 14.0. The van der Waals surface area contributed by atoms with Gasteiger partial charge in [-0.2, -0.15) is 0 Å². The summed E-state index contributed by atoms with van der Waals surface area (Å²) in [4.78, 5) is 6.59. The van der Waals surface area contributed by atoms with Gasteiger partial charge in [0.2, 0.25) is 10.0 Å². The molecule has 152 valence electrons. The Bertz CT molecular complexity index is 870. The van der Waals surface area contributed by atoms with E-state index in [1.54, 1.807) is 13.1 Å². The van der Waals surface area contributed by atoms with Crippen molar-refractivity contribution in [3.8, 4) is 5.75 Å². The third-order valence-electron chi connectivity index (χ3n) is 4.89. The zero-order valence-corrected chi connectivity index (χ0v) is 16.8. The van der Waals surface area contributed by atoms with Gasteiger partial charge in [-0.1, -0.05) is 6.07 Å². The van der Waals surface area contributed by atoms with E-state index in [1.165, 1.54) is 12.1 Å². The summed E-state index contributed by atoms with van der Waals surface area (Å²) >= 11 is 0. The maximum Gasteiger partial charge on any atom is 0.240 e. The Labute approximate surface area is 165 Å². The molecule has 1 fully saturated rings. The lowest BCUT2D eigenvalue weighted by Crippen LogP contribution is -2.38. The summed E-state index contributed by atoms with van der Waals surface area (Å²) in [6, 6.07) is 9.61. The molecule has 1 aromatic heterocycles. The number of pyridine rings is 1. The molecule has 1 aromatic carbocycles. The monoisotopic (exact) mass is 407 g/mol. The molecule has 2 heterocycles. The molecule has 0 aliphatic carbocycles. The zero-order valence-electron chi connectivity index (χ0n) is 16.0. The number of sulfonamides is 1. The Kier molecular flexibility index (Phi) is 6.98. The van der Waals surface area contributed by atoms with Crippen LogP contribution < -0.4 is 9.46 Å². The summed E-state index contributed by atoms with van der Waals surface area (Å²) in [5.41, 5.74) is 1.04. The molecule has 6 nitrogen and oxygen atoms in total. The Morgan fingerprint density at radius 2 is 2.04 bits per heavy atom. The van der Waals surface area contributed by atoms with E-state index in [1.807, 2.05) is 18.2 Å². The normalized spacial score (nSPS) is 16.2. The summed E-state index contributed by atoms with van der Waals surface area (Å²) in [5, 5.41) is 0. The van der Waals surface area contributed by atoms with Gasteiger partial charge in [-0.15, -0.1) is 0 Å². The van der Waals surface area contributed by atoms with Gasteiger partial charge in [-0.25, -0.2) is 17.5 Å². The van der Waals surface area contributed by atoms with Crippen molar-refractivity contribution in [1.82, 2.24) is 14.6 Å². The molecule has 28 heavy (non-hydrogen) atoms. The van der Waals surface area contributed by atoms with Gasteiger partial charge in [0.15, 0.2) is 11.6 Å². The standard InChI is InChI=1S/C20H26FN3O3S/c1-2-27-20-7-6-18(13-19(20)21)28(25,26)23-14-16-8-11-24(12-9-16)15-17-5-3-4-10-22-17/h3-7,10,13,16,23H,2,8-9,11-12,14-15H2,1H3. The van der Waals surface area contributed by atoms with Crippen molar-refractivity contribution in [1.29, 1.82) is 0 Å². The predicted molar refractivity (Wildman–Crippen MR) is 105 cm³/mol. The first-order valence-corrected chi connectivity index (χ1v) is 11.0.